The summed E-state index contributed by atoms with van der Waals surface area (Å²) in [4.78, 5) is 3.99. The second-order valence-corrected chi connectivity index (χ2v) is 4.06. The molecule has 0 saturated carbocycles. The Balaban J connectivity index is 2.20. The molecule has 0 aliphatic rings. The van der Waals surface area contributed by atoms with Crippen LogP contribution in [0.4, 0.5) is 5.69 Å². The SMILES string of the molecule is CC(C)OCCCCNc1cccnc1C#N. The maximum Gasteiger partial charge on any atom is 0.163 e. The summed E-state index contributed by atoms with van der Waals surface area (Å²) in [5.41, 5.74) is 1.26. The van der Waals surface area contributed by atoms with Crippen LogP contribution in [0.15, 0.2) is 18.3 Å². The number of ether oxygens (including phenoxy) is 1. The molecule has 1 aromatic rings. The minimum atomic E-state index is 0.298. The lowest BCUT2D eigenvalue weighted by Crippen LogP contribution is -2.07. The van der Waals surface area contributed by atoms with E-state index in [-0.39, 0.29) is 0 Å². The van der Waals surface area contributed by atoms with Crippen LogP contribution in [-0.2, 0) is 4.74 Å². The van der Waals surface area contributed by atoms with Crippen LogP contribution in [0.1, 0.15) is 32.4 Å². The van der Waals surface area contributed by atoms with Gasteiger partial charge in [-0.15, -0.1) is 0 Å². The summed E-state index contributed by atoms with van der Waals surface area (Å²) >= 11 is 0. The van der Waals surface area contributed by atoms with E-state index in [0.717, 1.165) is 31.7 Å². The van der Waals surface area contributed by atoms with Gasteiger partial charge in [-0.2, -0.15) is 5.26 Å². The van der Waals surface area contributed by atoms with Crippen molar-refractivity contribution in [3.8, 4) is 6.07 Å². The first-order valence-corrected chi connectivity index (χ1v) is 5.94. The van der Waals surface area contributed by atoms with Crippen LogP contribution in [-0.4, -0.2) is 24.2 Å². The number of hydrogen-bond donors (Lipinski definition) is 1. The third-order valence-electron chi connectivity index (χ3n) is 2.25. The zero-order valence-corrected chi connectivity index (χ0v) is 10.4. The van der Waals surface area contributed by atoms with Crippen LogP contribution in [0.2, 0.25) is 0 Å². The van der Waals surface area contributed by atoms with Crippen LogP contribution < -0.4 is 5.32 Å². The summed E-state index contributed by atoms with van der Waals surface area (Å²) in [6.07, 6.45) is 3.96. The lowest BCUT2D eigenvalue weighted by Gasteiger charge is -2.09. The number of aromatic nitrogens is 1. The molecule has 0 unspecified atom stereocenters. The predicted molar refractivity (Wildman–Crippen MR) is 67.8 cm³/mol. The minimum Gasteiger partial charge on any atom is -0.383 e. The Morgan fingerprint density at radius 1 is 1.47 bits per heavy atom. The van der Waals surface area contributed by atoms with E-state index in [4.69, 9.17) is 10.00 Å². The summed E-state index contributed by atoms with van der Waals surface area (Å²) in [6.45, 7) is 5.69. The van der Waals surface area contributed by atoms with E-state index in [1.165, 1.54) is 0 Å². The summed E-state index contributed by atoms with van der Waals surface area (Å²) in [7, 11) is 0. The molecular weight excluding hydrogens is 214 g/mol. The van der Waals surface area contributed by atoms with Gasteiger partial charge in [0.2, 0.25) is 0 Å². The van der Waals surface area contributed by atoms with Crippen molar-refractivity contribution in [1.82, 2.24) is 4.98 Å². The van der Waals surface area contributed by atoms with E-state index in [2.05, 4.69) is 16.4 Å². The molecule has 0 saturated heterocycles. The van der Waals surface area contributed by atoms with Gasteiger partial charge in [-0.3, -0.25) is 0 Å². The van der Waals surface area contributed by atoms with Gasteiger partial charge >= 0.3 is 0 Å². The van der Waals surface area contributed by atoms with E-state index in [1.807, 2.05) is 26.0 Å². The Morgan fingerprint density at radius 2 is 2.29 bits per heavy atom. The average molecular weight is 233 g/mol. The molecule has 4 nitrogen and oxygen atoms in total. The number of unbranched alkanes of at least 4 members (excludes halogenated alkanes) is 1. The lowest BCUT2D eigenvalue weighted by atomic mass is 10.2. The van der Waals surface area contributed by atoms with Crippen molar-refractivity contribution in [2.45, 2.75) is 32.8 Å². The monoisotopic (exact) mass is 233 g/mol. The highest BCUT2D eigenvalue weighted by Gasteiger charge is 2.00. The maximum absolute atomic E-state index is 8.85. The molecule has 0 fully saturated rings. The van der Waals surface area contributed by atoms with Crippen molar-refractivity contribution in [2.75, 3.05) is 18.5 Å². The van der Waals surface area contributed by atoms with Crippen molar-refractivity contribution < 1.29 is 4.74 Å². The molecule has 4 heteroatoms. The smallest absolute Gasteiger partial charge is 0.163 e. The van der Waals surface area contributed by atoms with Gasteiger partial charge in [0.25, 0.3) is 0 Å². The predicted octanol–water partition coefficient (Wildman–Crippen LogP) is 2.57. The van der Waals surface area contributed by atoms with Crippen LogP contribution in [0, 0.1) is 11.3 Å². The molecule has 0 bridgehead atoms. The molecule has 92 valence electrons. The molecule has 0 atom stereocenters. The number of nitrogens with zero attached hydrogens (tertiary/aromatic N) is 2. The van der Waals surface area contributed by atoms with Gasteiger partial charge in [0.05, 0.1) is 11.8 Å². The fourth-order valence-electron chi connectivity index (χ4n) is 1.41. The number of nitrogens with one attached hydrogen (secondary N) is 1. The molecule has 1 heterocycles. The van der Waals surface area contributed by atoms with E-state index >= 15 is 0 Å². The molecule has 0 aliphatic heterocycles. The lowest BCUT2D eigenvalue weighted by molar-refractivity contribution is 0.0765. The minimum absolute atomic E-state index is 0.298. The number of nitriles is 1. The van der Waals surface area contributed by atoms with Gasteiger partial charge in [0.1, 0.15) is 6.07 Å². The maximum atomic E-state index is 8.85. The fourth-order valence-corrected chi connectivity index (χ4v) is 1.41. The molecule has 0 radical (unpaired) electrons. The van der Waals surface area contributed by atoms with Crippen LogP contribution in [0.5, 0.6) is 0 Å². The Labute approximate surface area is 103 Å². The second kappa shape index (κ2) is 7.64. The third-order valence-corrected chi connectivity index (χ3v) is 2.25. The van der Waals surface area contributed by atoms with E-state index in [0.29, 0.717) is 11.8 Å². The first kappa shape index (κ1) is 13.5. The Hall–Kier alpha value is -1.60. The normalized spacial score (nSPS) is 10.2. The van der Waals surface area contributed by atoms with Gasteiger partial charge < -0.3 is 10.1 Å². The molecule has 0 aromatic carbocycles. The summed E-state index contributed by atoms with van der Waals surface area (Å²) in [5, 5.41) is 12.1. The van der Waals surface area contributed by atoms with Gasteiger partial charge in [-0.05, 0) is 38.8 Å². The van der Waals surface area contributed by atoms with Crippen molar-refractivity contribution >= 4 is 5.69 Å². The number of hydrogen-bond acceptors (Lipinski definition) is 4. The van der Waals surface area contributed by atoms with Crippen LogP contribution in [0.25, 0.3) is 0 Å². The van der Waals surface area contributed by atoms with E-state index < -0.39 is 0 Å². The topological polar surface area (TPSA) is 57.9 Å². The van der Waals surface area contributed by atoms with E-state index in [1.54, 1.807) is 6.20 Å². The molecule has 1 aromatic heterocycles. The van der Waals surface area contributed by atoms with Crippen molar-refractivity contribution in [3.63, 3.8) is 0 Å². The number of anilines is 1. The molecule has 1 rings (SSSR count). The summed E-state index contributed by atoms with van der Waals surface area (Å²) in [5.74, 6) is 0. The molecule has 0 spiro atoms. The second-order valence-electron chi connectivity index (χ2n) is 4.06. The van der Waals surface area contributed by atoms with Crippen molar-refractivity contribution in [1.29, 1.82) is 5.26 Å². The highest BCUT2D eigenvalue weighted by atomic mass is 16.5. The molecule has 0 aliphatic carbocycles. The molecular formula is C13H19N3O. The zero-order valence-electron chi connectivity index (χ0n) is 10.4. The average Bonchev–Trinajstić information content (AvgIpc) is 2.33. The third kappa shape index (κ3) is 5.32. The number of rotatable bonds is 7. The van der Waals surface area contributed by atoms with Gasteiger partial charge in [0.15, 0.2) is 5.69 Å². The van der Waals surface area contributed by atoms with Crippen LogP contribution >= 0.6 is 0 Å². The standard InChI is InChI=1S/C13H19N3O/c1-11(2)17-9-4-3-7-15-12-6-5-8-16-13(12)10-14/h5-6,8,11,15H,3-4,7,9H2,1-2H3. The highest BCUT2D eigenvalue weighted by molar-refractivity contribution is 5.53. The molecule has 17 heavy (non-hydrogen) atoms. The zero-order chi connectivity index (χ0) is 12.5. The van der Waals surface area contributed by atoms with Crippen molar-refractivity contribution in [2.24, 2.45) is 0 Å². The van der Waals surface area contributed by atoms with Gasteiger partial charge in [-0.25, -0.2) is 4.98 Å². The van der Waals surface area contributed by atoms with Gasteiger partial charge in [0, 0.05) is 19.3 Å². The first-order chi connectivity index (χ1) is 8.24. The largest absolute Gasteiger partial charge is 0.383 e. The highest BCUT2D eigenvalue weighted by Crippen LogP contribution is 2.10. The summed E-state index contributed by atoms with van der Waals surface area (Å²) in [6, 6.07) is 5.76. The molecule has 0 amide bonds. The van der Waals surface area contributed by atoms with Gasteiger partial charge in [-0.1, -0.05) is 0 Å². The summed E-state index contributed by atoms with van der Waals surface area (Å²) < 4.78 is 5.45. The van der Waals surface area contributed by atoms with E-state index in [9.17, 15) is 0 Å². The number of pyridine rings is 1. The quantitative estimate of drug-likeness (QED) is 0.735. The molecule has 1 N–H and O–H groups in total. The Kier molecular flexibility index (Phi) is 6.05. The first-order valence-electron chi connectivity index (χ1n) is 5.94. The van der Waals surface area contributed by atoms with Crippen molar-refractivity contribution in [3.05, 3.63) is 24.0 Å². The van der Waals surface area contributed by atoms with Crippen LogP contribution in [0.3, 0.4) is 0 Å². The fraction of sp³-hybridized carbons (Fsp3) is 0.538. The Bertz CT molecular complexity index is 371. The Morgan fingerprint density at radius 3 is 3.00 bits per heavy atom.